The molecule has 1 rings (SSSR count). The van der Waals surface area contributed by atoms with E-state index >= 15 is 0 Å². The van der Waals surface area contributed by atoms with E-state index in [1.54, 1.807) is 12.1 Å². The van der Waals surface area contributed by atoms with Crippen molar-refractivity contribution >= 4 is 0 Å². The SMILES string of the molecule is CCCNC(CCN(C)C)Cc1ccc(C(F)(F)F)cc1. The standard InChI is InChI=1S/C16H25F3N2/c1-4-10-20-15(9-11-21(2)3)12-13-5-7-14(8-6-13)16(17,18)19/h5-8,15,20H,4,9-12H2,1-3H3. The number of alkyl halides is 3. The minimum atomic E-state index is -4.26. The summed E-state index contributed by atoms with van der Waals surface area (Å²) in [7, 11) is 4.05. The van der Waals surface area contributed by atoms with Gasteiger partial charge in [0.2, 0.25) is 0 Å². The Kier molecular flexibility index (Phi) is 7.18. The first-order chi connectivity index (χ1) is 9.82. The highest BCUT2D eigenvalue weighted by Crippen LogP contribution is 2.29. The third-order valence-electron chi connectivity index (χ3n) is 3.37. The smallest absolute Gasteiger partial charge is 0.314 e. The molecule has 0 heterocycles. The fraction of sp³-hybridized carbons (Fsp3) is 0.625. The molecule has 1 unspecified atom stereocenters. The lowest BCUT2D eigenvalue weighted by Crippen LogP contribution is -2.34. The predicted molar refractivity (Wildman–Crippen MR) is 80.4 cm³/mol. The lowest BCUT2D eigenvalue weighted by atomic mass is 10.0. The topological polar surface area (TPSA) is 15.3 Å². The highest BCUT2D eigenvalue weighted by atomic mass is 19.4. The third kappa shape index (κ3) is 6.96. The molecule has 0 aromatic heterocycles. The van der Waals surface area contributed by atoms with E-state index in [4.69, 9.17) is 0 Å². The van der Waals surface area contributed by atoms with E-state index in [-0.39, 0.29) is 0 Å². The van der Waals surface area contributed by atoms with E-state index in [2.05, 4.69) is 17.1 Å². The molecular formula is C16H25F3N2. The van der Waals surface area contributed by atoms with Gasteiger partial charge in [0, 0.05) is 6.04 Å². The van der Waals surface area contributed by atoms with Crippen LogP contribution in [0.2, 0.25) is 0 Å². The average molecular weight is 302 g/mol. The second-order valence-electron chi connectivity index (χ2n) is 5.64. The number of nitrogens with zero attached hydrogens (tertiary/aromatic N) is 1. The number of nitrogens with one attached hydrogen (secondary N) is 1. The monoisotopic (exact) mass is 302 g/mol. The quantitative estimate of drug-likeness (QED) is 0.790. The van der Waals surface area contributed by atoms with Crippen molar-refractivity contribution in [2.75, 3.05) is 27.2 Å². The molecule has 0 aliphatic rings. The van der Waals surface area contributed by atoms with Crippen LogP contribution in [0.1, 0.15) is 30.9 Å². The Morgan fingerprint density at radius 1 is 1.14 bits per heavy atom. The van der Waals surface area contributed by atoms with Crippen molar-refractivity contribution in [3.8, 4) is 0 Å². The maximum absolute atomic E-state index is 12.5. The summed E-state index contributed by atoms with van der Waals surface area (Å²) in [4.78, 5) is 2.12. The maximum Gasteiger partial charge on any atom is 0.416 e. The molecule has 0 aliphatic heterocycles. The van der Waals surface area contributed by atoms with E-state index in [1.807, 2.05) is 14.1 Å². The van der Waals surface area contributed by atoms with E-state index in [0.29, 0.717) is 6.04 Å². The normalized spacial score (nSPS) is 13.7. The molecule has 0 amide bonds. The Balaban J connectivity index is 2.64. The van der Waals surface area contributed by atoms with Crippen LogP contribution < -0.4 is 5.32 Å². The molecule has 0 saturated carbocycles. The van der Waals surface area contributed by atoms with Crippen LogP contribution in [0.25, 0.3) is 0 Å². The average Bonchev–Trinajstić information content (AvgIpc) is 2.41. The molecule has 0 bridgehead atoms. The summed E-state index contributed by atoms with van der Waals surface area (Å²) in [5.41, 5.74) is 0.355. The fourth-order valence-electron chi connectivity index (χ4n) is 2.15. The lowest BCUT2D eigenvalue weighted by molar-refractivity contribution is -0.137. The van der Waals surface area contributed by atoms with E-state index in [9.17, 15) is 13.2 Å². The number of hydrogen-bond donors (Lipinski definition) is 1. The largest absolute Gasteiger partial charge is 0.416 e. The van der Waals surface area contributed by atoms with Crippen molar-refractivity contribution < 1.29 is 13.2 Å². The van der Waals surface area contributed by atoms with Crippen LogP contribution in [-0.2, 0) is 12.6 Å². The van der Waals surface area contributed by atoms with Crippen LogP contribution in [0.4, 0.5) is 13.2 Å². The van der Waals surface area contributed by atoms with Crippen molar-refractivity contribution in [3.63, 3.8) is 0 Å². The van der Waals surface area contributed by atoms with Crippen LogP contribution >= 0.6 is 0 Å². The molecule has 0 saturated heterocycles. The van der Waals surface area contributed by atoms with Crippen LogP contribution in [-0.4, -0.2) is 38.1 Å². The van der Waals surface area contributed by atoms with Gasteiger partial charge >= 0.3 is 6.18 Å². The van der Waals surface area contributed by atoms with Crippen LogP contribution in [0.5, 0.6) is 0 Å². The molecule has 1 atom stereocenters. The van der Waals surface area contributed by atoms with Gasteiger partial charge in [0.05, 0.1) is 5.56 Å². The Bertz CT molecular complexity index is 399. The highest BCUT2D eigenvalue weighted by molar-refractivity contribution is 5.25. The zero-order valence-corrected chi connectivity index (χ0v) is 13.0. The van der Waals surface area contributed by atoms with Crippen LogP contribution in [0.15, 0.2) is 24.3 Å². The van der Waals surface area contributed by atoms with E-state index < -0.39 is 11.7 Å². The summed E-state index contributed by atoms with van der Waals surface area (Å²) in [6, 6.07) is 5.79. The Morgan fingerprint density at radius 2 is 1.76 bits per heavy atom. The first kappa shape index (κ1) is 18.0. The number of rotatable bonds is 8. The number of benzene rings is 1. The summed E-state index contributed by atoms with van der Waals surface area (Å²) < 4.78 is 37.6. The van der Waals surface area contributed by atoms with Gasteiger partial charge in [-0.3, -0.25) is 0 Å². The molecule has 0 radical (unpaired) electrons. The van der Waals surface area contributed by atoms with Gasteiger partial charge < -0.3 is 10.2 Å². The Labute approximate surface area is 125 Å². The Morgan fingerprint density at radius 3 is 2.24 bits per heavy atom. The van der Waals surface area contributed by atoms with Crippen molar-refractivity contribution in [3.05, 3.63) is 35.4 Å². The second kappa shape index (κ2) is 8.39. The summed E-state index contributed by atoms with van der Waals surface area (Å²) in [6.07, 6.45) is -1.48. The van der Waals surface area contributed by atoms with Crippen LogP contribution in [0.3, 0.4) is 0 Å². The van der Waals surface area contributed by atoms with E-state index in [0.717, 1.165) is 50.0 Å². The van der Waals surface area contributed by atoms with Gasteiger partial charge in [0.15, 0.2) is 0 Å². The van der Waals surface area contributed by atoms with Gasteiger partial charge in [-0.05, 0) is 64.1 Å². The van der Waals surface area contributed by atoms with Gasteiger partial charge in [-0.15, -0.1) is 0 Å². The Hall–Kier alpha value is -1.07. The van der Waals surface area contributed by atoms with Crippen LogP contribution in [0, 0.1) is 0 Å². The minimum absolute atomic E-state index is 0.295. The molecule has 2 nitrogen and oxygen atoms in total. The van der Waals surface area contributed by atoms with Gasteiger partial charge in [-0.2, -0.15) is 13.2 Å². The van der Waals surface area contributed by atoms with Gasteiger partial charge in [-0.25, -0.2) is 0 Å². The molecule has 1 N–H and O–H groups in total. The summed E-state index contributed by atoms with van der Waals surface area (Å²) in [6.45, 7) is 3.99. The summed E-state index contributed by atoms with van der Waals surface area (Å²) in [5, 5.41) is 3.47. The molecule has 0 fully saturated rings. The molecule has 1 aromatic carbocycles. The molecule has 21 heavy (non-hydrogen) atoms. The molecule has 0 aliphatic carbocycles. The predicted octanol–water partition coefficient (Wildman–Crippen LogP) is 3.57. The van der Waals surface area contributed by atoms with Gasteiger partial charge in [0.25, 0.3) is 0 Å². The molecule has 0 spiro atoms. The molecular weight excluding hydrogens is 277 g/mol. The lowest BCUT2D eigenvalue weighted by Gasteiger charge is -2.21. The second-order valence-corrected chi connectivity index (χ2v) is 5.64. The van der Waals surface area contributed by atoms with Gasteiger partial charge in [-0.1, -0.05) is 19.1 Å². The minimum Gasteiger partial charge on any atom is -0.314 e. The summed E-state index contributed by atoms with van der Waals surface area (Å²) in [5.74, 6) is 0. The number of halogens is 3. The number of hydrogen-bond acceptors (Lipinski definition) is 2. The van der Waals surface area contributed by atoms with Crippen molar-refractivity contribution in [1.82, 2.24) is 10.2 Å². The fourth-order valence-corrected chi connectivity index (χ4v) is 2.15. The molecule has 120 valence electrons. The molecule has 5 heteroatoms. The highest BCUT2D eigenvalue weighted by Gasteiger charge is 2.29. The first-order valence-electron chi connectivity index (χ1n) is 7.37. The van der Waals surface area contributed by atoms with Crippen molar-refractivity contribution in [2.45, 2.75) is 38.4 Å². The zero-order chi connectivity index (χ0) is 15.9. The third-order valence-corrected chi connectivity index (χ3v) is 3.37. The maximum atomic E-state index is 12.5. The zero-order valence-electron chi connectivity index (χ0n) is 13.0. The van der Waals surface area contributed by atoms with Crippen molar-refractivity contribution in [2.24, 2.45) is 0 Å². The van der Waals surface area contributed by atoms with Crippen molar-refractivity contribution in [1.29, 1.82) is 0 Å². The van der Waals surface area contributed by atoms with Gasteiger partial charge in [0.1, 0.15) is 0 Å². The van der Waals surface area contributed by atoms with E-state index in [1.165, 1.54) is 0 Å². The molecule has 1 aromatic rings. The summed E-state index contributed by atoms with van der Waals surface area (Å²) >= 11 is 0. The first-order valence-corrected chi connectivity index (χ1v) is 7.37.